The van der Waals surface area contributed by atoms with E-state index in [0.29, 0.717) is 12.1 Å². The number of hydrogen-bond donors (Lipinski definition) is 1. The Balaban J connectivity index is 1.81. The van der Waals surface area contributed by atoms with Gasteiger partial charge in [-0.05, 0) is 37.8 Å². The van der Waals surface area contributed by atoms with Crippen molar-refractivity contribution in [3.05, 3.63) is 24.6 Å². The van der Waals surface area contributed by atoms with Gasteiger partial charge in [-0.15, -0.1) is 0 Å². The monoisotopic (exact) mass is 244 g/mol. The maximum atomic E-state index is 9.86. The third-order valence-corrected chi connectivity index (χ3v) is 4.31. The molecule has 2 fully saturated rings. The third-order valence-electron chi connectivity index (χ3n) is 4.31. The molecule has 0 amide bonds. The van der Waals surface area contributed by atoms with Gasteiger partial charge in [0.1, 0.15) is 11.4 Å². The number of aliphatic hydroxyl groups excluding tert-OH is 1. The van der Waals surface area contributed by atoms with Crippen molar-refractivity contribution < 1.29 is 9.52 Å². The van der Waals surface area contributed by atoms with E-state index in [1.165, 1.54) is 0 Å². The van der Waals surface area contributed by atoms with Crippen LogP contribution in [0, 0.1) is 0 Å². The molecule has 2 aromatic rings. The minimum absolute atomic E-state index is 0.137. The van der Waals surface area contributed by atoms with Crippen molar-refractivity contribution in [1.29, 1.82) is 0 Å². The summed E-state index contributed by atoms with van der Waals surface area (Å²) in [6.45, 7) is 0. The molecule has 2 aliphatic heterocycles. The minimum atomic E-state index is -0.137. The molecule has 2 saturated heterocycles. The molecule has 2 bridgehead atoms. The number of aromatic nitrogens is 1. The molecule has 2 aromatic heterocycles. The largest absolute Gasteiger partial charge is 0.464 e. The third kappa shape index (κ3) is 1.38. The van der Waals surface area contributed by atoms with Crippen molar-refractivity contribution in [3.63, 3.8) is 0 Å². The molecule has 0 radical (unpaired) electrons. The second kappa shape index (κ2) is 3.72. The molecule has 4 heterocycles. The highest BCUT2D eigenvalue weighted by molar-refractivity contribution is 5.88. The van der Waals surface area contributed by atoms with Gasteiger partial charge < -0.3 is 14.4 Å². The van der Waals surface area contributed by atoms with Crippen LogP contribution in [0.3, 0.4) is 0 Å². The van der Waals surface area contributed by atoms with Crippen LogP contribution in [0.15, 0.2) is 29.0 Å². The summed E-state index contributed by atoms with van der Waals surface area (Å²) in [5, 5.41) is 11.0. The molecule has 0 saturated carbocycles. The second-order valence-electron chi connectivity index (χ2n) is 5.38. The predicted molar refractivity (Wildman–Crippen MR) is 68.5 cm³/mol. The SMILES string of the molecule is OC1CC2CCC(C1)N2c1nccc2occc12. The van der Waals surface area contributed by atoms with Gasteiger partial charge in [0.05, 0.1) is 17.8 Å². The Morgan fingerprint density at radius 1 is 1.22 bits per heavy atom. The number of anilines is 1. The molecule has 94 valence electrons. The molecule has 4 heteroatoms. The molecular formula is C14H16N2O2. The predicted octanol–water partition coefficient (Wildman–Crippen LogP) is 2.32. The fraction of sp³-hybridized carbons (Fsp3) is 0.500. The van der Waals surface area contributed by atoms with Gasteiger partial charge in [-0.1, -0.05) is 0 Å². The van der Waals surface area contributed by atoms with Crippen LogP contribution in [0.2, 0.25) is 0 Å². The Hall–Kier alpha value is -1.55. The van der Waals surface area contributed by atoms with Crippen molar-refractivity contribution in [2.24, 2.45) is 0 Å². The molecule has 18 heavy (non-hydrogen) atoms. The van der Waals surface area contributed by atoms with E-state index in [9.17, 15) is 5.11 Å². The quantitative estimate of drug-likeness (QED) is 0.836. The minimum Gasteiger partial charge on any atom is -0.464 e. The zero-order valence-corrected chi connectivity index (χ0v) is 10.1. The first-order chi connectivity index (χ1) is 8.83. The first kappa shape index (κ1) is 10.4. The van der Waals surface area contributed by atoms with Crippen LogP contribution in [0.25, 0.3) is 11.0 Å². The molecule has 2 atom stereocenters. The average molecular weight is 244 g/mol. The Kier molecular flexibility index (Phi) is 2.14. The number of rotatable bonds is 1. The van der Waals surface area contributed by atoms with E-state index < -0.39 is 0 Å². The van der Waals surface area contributed by atoms with E-state index in [-0.39, 0.29) is 6.10 Å². The van der Waals surface area contributed by atoms with E-state index in [1.54, 1.807) is 6.26 Å². The van der Waals surface area contributed by atoms with Gasteiger partial charge in [0, 0.05) is 18.3 Å². The molecule has 0 aromatic carbocycles. The summed E-state index contributed by atoms with van der Waals surface area (Å²) < 4.78 is 5.45. The van der Waals surface area contributed by atoms with Crippen LogP contribution < -0.4 is 4.90 Å². The number of furan rings is 1. The van der Waals surface area contributed by atoms with Crippen LogP contribution in [-0.2, 0) is 0 Å². The molecule has 1 N–H and O–H groups in total. The lowest BCUT2D eigenvalue weighted by Crippen LogP contribution is -2.45. The highest BCUT2D eigenvalue weighted by atomic mass is 16.3. The van der Waals surface area contributed by atoms with E-state index in [4.69, 9.17) is 4.42 Å². The zero-order chi connectivity index (χ0) is 12.1. The molecule has 2 aliphatic rings. The Morgan fingerprint density at radius 2 is 2.00 bits per heavy atom. The van der Waals surface area contributed by atoms with E-state index >= 15 is 0 Å². The van der Waals surface area contributed by atoms with E-state index in [1.807, 2.05) is 18.3 Å². The smallest absolute Gasteiger partial charge is 0.140 e. The van der Waals surface area contributed by atoms with Crippen molar-refractivity contribution in [2.45, 2.75) is 43.9 Å². The van der Waals surface area contributed by atoms with Gasteiger partial charge in [0.15, 0.2) is 0 Å². The summed E-state index contributed by atoms with van der Waals surface area (Å²) in [6, 6.07) is 4.76. The number of pyridine rings is 1. The lowest BCUT2D eigenvalue weighted by Gasteiger charge is -2.38. The van der Waals surface area contributed by atoms with Crippen LogP contribution in [-0.4, -0.2) is 28.3 Å². The van der Waals surface area contributed by atoms with Crippen molar-refractivity contribution >= 4 is 16.8 Å². The molecular weight excluding hydrogens is 228 g/mol. The Labute approximate surface area is 105 Å². The highest BCUT2D eigenvalue weighted by Gasteiger charge is 2.41. The summed E-state index contributed by atoms with van der Waals surface area (Å²) in [4.78, 5) is 6.96. The molecule has 2 unspecified atom stereocenters. The fourth-order valence-corrected chi connectivity index (χ4v) is 3.58. The summed E-state index contributed by atoms with van der Waals surface area (Å²) in [6.07, 6.45) is 7.46. The van der Waals surface area contributed by atoms with Crippen molar-refractivity contribution in [2.75, 3.05) is 4.90 Å². The Bertz CT molecular complexity index is 566. The van der Waals surface area contributed by atoms with Gasteiger partial charge >= 0.3 is 0 Å². The lowest BCUT2D eigenvalue weighted by molar-refractivity contribution is 0.126. The molecule has 4 rings (SSSR count). The van der Waals surface area contributed by atoms with Gasteiger partial charge in [-0.25, -0.2) is 4.98 Å². The number of fused-ring (bicyclic) bond motifs is 3. The topological polar surface area (TPSA) is 49.5 Å². The Morgan fingerprint density at radius 3 is 2.78 bits per heavy atom. The van der Waals surface area contributed by atoms with Crippen LogP contribution in [0.1, 0.15) is 25.7 Å². The first-order valence-electron chi connectivity index (χ1n) is 6.61. The molecule has 4 nitrogen and oxygen atoms in total. The molecule has 0 spiro atoms. The maximum absolute atomic E-state index is 9.86. The second-order valence-corrected chi connectivity index (χ2v) is 5.38. The van der Waals surface area contributed by atoms with E-state index in [0.717, 1.165) is 42.5 Å². The summed E-state index contributed by atoms with van der Waals surface area (Å²) >= 11 is 0. The van der Waals surface area contributed by atoms with Gasteiger partial charge in [-0.3, -0.25) is 0 Å². The van der Waals surface area contributed by atoms with Crippen LogP contribution in [0.4, 0.5) is 5.82 Å². The van der Waals surface area contributed by atoms with Gasteiger partial charge in [-0.2, -0.15) is 0 Å². The summed E-state index contributed by atoms with van der Waals surface area (Å²) in [7, 11) is 0. The number of hydrogen-bond acceptors (Lipinski definition) is 4. The van der Waals surface area contributed by atoms with Gasteiger partial charge in [0.25, 0.3) is 0 Å². The summed E-state index contributed by atoms with van der Waals surface area (Å²) in [5.41, 5.74) is 0.894. The van der Waals surface area contributed by atoms with E-state index in [2.05, 4.69) is 9.88 Å². The summed E-state index contributed by atoms with van der Waals surface area (Å²) in [5.74, 6) is 1.03. The molecule has 0 aliphatic carbocycles. The fourth-order valence-electron chi connectivity index (χ4n) is 3.58. The normalized spacial score (nSPS) is 31.2. The highest BCUT2D eigenvalue weighted by Crippen LogP contribution is 2.40. The first-order valence-corrected chi connectivity index (χ1v) is 6.61. The lowest BCUT2D eigenvalue weighted by atomic mass is 9.99. The van der Waals surface area contributed by atoms with Gasteiger partial charge in [0.2, 0.25) is 0 Å². The number of piperidine rings is 1. The average Bonchev–Trinajstić information content (AvgIpc) is 2.92. The number of nitrogens with zero attached hydrogens (tertiary/aromatic N) is 2. The van der Waals surface area contributed by atoms with Crippen molar-refractivity contribution in [3.8, 4) is 0 Å². The number of aliphatic hydroxyl groups is 1. The van der Waals surface area contributed by atoms with Crippen molar-refractivity contribution in [1.82, 2.24) is 4.98 Å². The van der Waals surface area contributed by atoms with Crippen LogP contribution >= 0.6 is 0 Å². The standard InChI is InChI=1S/C14H16N2O2/c17-11-7-9-1-2-10(8-11)16(9)14-12-4-6-18-13(12)3-5-15-14/h3-6,9-11,17H,1-2,7-8H2. The zero-order valence-electron chi connectivity index (χ0n) is 10.1. The van der Waals surface area contributed by atoms with Crippen LogP contribution in [0.5, 0.6) is 0 Å². The maximum Gasteiger partial charge on any atom is 0.140 e.